The Labute approximate surface area is 217 Å². The van der Waals surface area contributed by atoms with E-state index in [2.05, 4.69) is 20.6 Å². The van der Waals surface area contributed by atoms with E-state index in [1.54, 1.807) is 13.2 Å². The number of methoxy groups -OCH3 is 1. The Morgan fingerprint density at radius 2 is 1.61 bits per heavy atom. The summed E-state index contributed by atoms with van der Waals surface area (Å²) in [7, 11) is 1.57. The lowest BCUT2D eigenvalue weighted by Gasteiger charge is -2.16. The minimum Gasteiger partial charge on any atom is -0.496 e. The van der Waals surface area contributed by atoms with E-state index in [-0.39, 0.29) is 17.3 Å². The molecule has 1 aromatic heterocycles. The highest BCUT2D eigenvalue weighted by atomic mass is 19.1. The van der Waals surface area contributed by atoms with Crippen LogP contribution in [0.2, 0.25) is 0 Å². The molecule has 0 bridgehead atoms. The summed E-state index contributed by atoms with van der Waals surface area (Å²) in [6, 6.07) is 12.8. The molecule has 4 aromatic rings. The van der Waals surface area contributed by atoms with Crippen LogP contribution in [0.1, 0.15) is 25.3 Å². The standard InChI is InChI=1S/C28H24F2N4O4/c1-3-16-12-22-20(14-24(16)37-2)25(32-15-31-22)38-23-9-8-19(13-21(23)30)34-27(36)28(10-11-28)26(35)33-18-6-4-17(29)5-7-18/h4-9,12-15H,3,10-11H2,1-2H3,(H,33,35)(H,34,36). The number of nitrogens with one attached hydrogen (secondary N) is 2. The molecule has 1 saturated carbocycles. The van der Waals surface area contributed by atoms with Gasteiger partial charge in [0.25, 0.3) is 0 Å². The molecule has 1 aliphatic rings. The number of fused-ring (bicyclic) bond motifs is 1. The van der Waals surface area contributed by atoms with Gasteiger partial charge in [0.15, 0.2) is 11.6 Å². The third-order valence-electron chi connectivity index (χ3n) is 6.50. The van der Waals surface area contributed by atoms with Crippen molar-refractivity contribution in [1.29, 1.82) is 0 Å². The van der Waals surface area contributed by atoms with Gasteiger partial charge in [-0.3, -0.25) is 9.59 Å². The van der Waals surface area contributed by atoms with Gasteiger partial charge in [-0.25, -0.2) is 18.7 Å². The zero-order valence-corrected chi connectivity index (χ0v) is 20.7. The molecule has 0 unspecified atom stereocenters. The molecule has 0 spiro atoms. The predicted octanol–water partition coefficient (Wildman–Crippen LogP) is 5.63. The van der Waals surface area contributed by atoms with Crippen LogP contribution >= 0.6 is 0 Å². The number of carbonyl (C=O) groups is 2. The van der Waals surface area contributed by atoms with Crippen molar-refractivity contribution >= 4 is 34.1 Å². The molecule has 1 aliphatic carbocycles. The summed E-state index contributed by atoms with van der Waals surface area (Å²) in [4.78, 5) is 34.1. The van der Waals surface area contributed by atoms with Gasteiger partial charge < -0.3 is 20.1 Å². The van der Waals surface area contributed by atoms with Crippen molar-refractivity contribution in [3.8, 4) is 17.4 Å². The van der Waals surface area contributed by atoms with Crippen LogP contribution in [0, 0.1) is 17.0 Å². The molecule has 3 aromatic carbocycles. The van der Waals surface area contributed by atoms with E-state index in [1.807, 2.05) is 13.0 Å². The van der Waals surface area contributed by atoms with Gasteiger partial charge in [0.1, 0.15) is 23.3 Å². The molecule has 1 fully saturated rings. The normalized spacial score (nSPS) is 13.6. The number of hydrogen-bond acceptors (Lipinski definition) is 6. The van der Waals surface area contributed by atoms with Gasteiger partial charge in [-0.1, -0.05) is 6.92 Å². The van der Waals surface area contributed by atoms with Crippen LogP contribution in [-0.2, 0) is 16.0 Å². The number of carbonyl (C=O) groups excluding carboxylic acids is 2. The molecule has 0 radical (unpaired) electrons. The molecule has 0 aliphatic heterocycles. The topological polar surface area (TPSA) is 102 Å². The Morgan fingerprint density at radius 3 is 2.24 bits per heavy atom. The average Bonchev–Trinajstić information content (AvgIpc) is 3.73. The first-order valence-corrected chi connectivity index (χ1v) is 12.0. The van der Waals surface area contributed by atoms with Gasteiger partial charge >= 0.3 is 0 Å². The summed E-state index contributed by atoms with van der Waals surface area (Å²) >= 11 is 0. The highest BCUT2D eigenvalue weighted by Crippen LogP contribution is 2.47. The van der Waals surface area contributed by atoms with E-state index in [0.717, 1.165) is 18.1 Å². The van der Waals surface area contributed by atoms with E-state index in [9.17, 15) is 18.4 Å². The van der Waals surface area contributed by atoms with Gasteiger partial charge in [0, 0.05) is 17.4 Å². The summed E-state index contributed by atoms with van der Waals surface area (Å²) in [5.74, 6) is -1.51. The van der Waals surface area contributed by atoms with Crippen molar-refractivity contribution in [1.82, 2.24) is 9.97 Å². The van der Waals surface area contributed by atoms with Gasteiger partial charge in [-0.2, -0.15) is 0 Å². The van der Waals surface area contributed by atoms with Gasteiger partial charge in [0.05, 0.1) is 18.0 Å². The fraction of sp³-hybridized carbons (Fsp3) is 0.214. The average molecular weight is 519 g/mol. The molecule has 38 heavy (non-hydrogen) atoms. The predicted molar refractivity (Wildman–Crippen MR) is 137 cm³/mol. The van der Waals surface area contributed by atoms with Crippen LogP contribution in [0.5, 0.6) is 17.4 Å². The largest absolute Gasteiger partial charge is 0.496 e. The second-order valence-electron chi connectivity index (χ2n) is 8.96. The third-order valence-corrected chi connectivity index (χ3v) is 6.50. The molecule has 194 valence electrons. The quantitative estimate of drug-likeness (QED) is 0.293. The maximum atomic E-state index is 15.0. The number of ether oxygens (including phenoxy) is 2. The van der Waals surface area contributed by atoms with Crippen LogP contribution in [0.15, 0.2) is 60.9 Å². The Morgan fingerprint density at radius 1 is 0.921 bits per heavy atom. The molecule has 2 N–H and O–H groups in total. The second-order valence-corrected chi connectivity index (χ2v) is 8.96. The van der Waals surface area contributed by atoms with Crippen molar-refractivity contribution in [3.63, 3.8) is 0 Å². The number of rotatable bonds is 8. The Balaban J connectivity index is 1.31. The summed E-state index contributed by atoms with van der Waals surface area (Å²) < 4.78 is 39.3. The number of aryl methyl sites for hydroxylation is 1. The second kappa shape index (κ2) is 10.0. The van der Waals surface area contributed by atoms with Crippen LogP contribution in [0.4, 0.5) is 20.2 Å². The molecule has 10 heteroatoms. The first-order valence-electron chi connectivity index (χ1n) is 12.0. The molecular weight excluding hydrogens is 494 g/mol. The molecule has 0 saturated heterocycles. The van der Waals surface area contributed by atoms with Crippen LogP contribution in [0.25, 0.3) is 10.9 Å². The van der Waals surface area contributed by atoms with Gasteiger partial charge in [0.2, 0.25) is 17.7 Å². The number of nitrogens with zero attached hydrogens (tertiary/aromatic N) is 2. The fourth-order valence-electron chi connectivity index (χ4n) is 4.13. The van der Waals surface area contributed by atoms with E-state index < -0.39 is 28.9 Å². The Bertz CT molecular complexity index is 1540. The summed E-state index contributed by atoms with van der Waals surface area (Å²) in [6.45, 7) is 2.00. The Kier molecular flexibility index (Phi) is 6.62. The lowest BCUT2D eigenvalue weighted by atomic mass is 10.0. The Hall–Kier alpha value is -4.60. The van der Waals surface area contributed by atoms with Crippen molar-refractivity contribution in [2.24, 2.45) is 5.41 Å². The summed E-state index contributed by atoms with van der Waals surface area (Å²) in [6.07, 6.45) is 2.78. The summed E-state index contributed by atoms with van der Waals surface area (Å²) in [5, 5.41) is 5.80. The van der Waals surface area contributed by atoms with Crippen molar-refractivity contribution in [2.75, 3.05) is 17.7 Å². The maximum Gasteiger partial charge on any atom is 0.240 e. The monoisotopic (exact) mass is 518 g/mol. The van der Waals surface area contributed by atoms with Crippen molar-refractivity contribution < 1.29 is 27.8 Å². The maximum absolute atomic E-state index is 15.0. The molecule has 2 amide bonds. The third kappa shape index (κ3) is 4.84. The van der Waals surface area contributed by atoms with Crippen LogP contribution in [-0.4, -0.2) is 28.9 Å². The first-order chi connectivity index (χ1) is 18.3. The number of hydrogen-bond donors (Lipinski definition) is 2. The lowest BCUT2D eigenvalue weighted by molar-refractivity contribution is -0.131. The number of anilines is 2. The molecule has 8 nitrogen and oxygen atoms in total. The minimum atomic E-state index is -1.27. The van der Waals surface area contributed by atoms with Gasteiger partial charge in [-0.05, 0) is 73.4 Å². The zero-order valence-electron chi connectivity index (χ0n) is 20.7. The molecule has 1 heterocycles. The molecular formula is C28H24F2N4O4. The minimum absolute atomic E-state index is 0.100. The zero-order chi connectivity index (χ0) is 26.9. The van der Waals surface area contributed by atoms with E-state index in [0.29, 0.717) is 35.2 Å². The van der Waals surface area contributed by atoms with E-state index >= 15 is 0 Å². The first kappa shape index (κ1) is 25.1. The lowest BCUT2D eigenvalue weighted by Crippen LogP contribution is -2.35. The van der Waals surface area contributed by atoms with E-state index in [4.69, 9.17) is 9.47 Å². The van der Waals surface area contributed by atoms with Crippen molar-refractivity contribution in [3.05, 3.63) is 78.1 Å². The smallest absolute Gasteiger partial charge is 0.240 e. The van der Waals surface area contributed by atoms with E-state index in [1.165, 1.54) is 42.7 Å². The van der Waals surface area contributed by atoms with Crippen molar-refractivity contribution in [2.45, 2.75) is 26.2 Å². The highest BCUT2D eigenvalue weighted by Gasteiger charge is 2.56. The number of halogens is 2. The number of aromatic nitrogens is 2. The summed E-state index contributed by atoms with van der Waals surface area (Å²) in [5.41, 5.74) is 0.878. The fourth-order valence-corrected chi connectivity index (χ4v) is 4.13. The number of amides is 2. The molecule has 5 rings (SSSR count). The van der Waals surface area contributed by atoms with Gasteiger partial charge in [-0.15, -0.1) is 0 Å². The van der Waals surface area contributed by atoms with Crippen LogP contribution in [0.3, 0.4) is 0 Å². The van der Waals surface area contributed by atoms with Crippen LogP contribution < -0.4 is 20.1 Å². The SMILES string of the molecule is CCc1cc2ncnc(Oc3ccc(NC(=O)C4(C(=O)Nc5ccc(F)cc5)CC4)cc3F)c2cc1OC. The number of benzene rings is 3. The molecule has 0 atom stereocenters. The highest BCUT2D eigenvalue weighted by molar-refractivity contribution is 6.16.